The highest BCUT2D eigenvalue weighted by molar-refractivity contribution is 7.99. The van der Waals surface area contributed by atoms with Crippen LogP contribution in [0, 0.1) is 0 Å². The van der Waals surface area contributed by atoms with Gasteiger partial charge < -0.3 is 186 Å². The average Bonchev–Trinajstić information content (AvgIpc) is 3.51. The van der Waals surface area contributed by atoms with Crippen LogP contribution < -0.4 is 11.5 Å². The van der Waals surface area contributed by atoms with Crippen LogP contribution in [-0.4, -0.2) is 349 Å². The lowest BCUT2D eigenvalue weighted by molar-refractivity contribution is -0.368. The van der Waals surface area contributed by atoms with E-state index in [-0.39, 0.29) is 23.0 Å². The van der Waals surface area contributed by atoms with E-state index in [0.29, 0.717) is 0 Å². The Hall–Kier alpha value is -4.08. The first kappa shape index (κ1) is 77.4. The fourth-order valence-corrected chi connectivity index (χ4v) is 10.7. The third-order valence-corrected chi connectivity index (χ3v) is 16.0. The van der Waals surface area contributed by atoms with E-state index in [2.05, 4.69) is 0 Å². The molecule has 6 bridgehead atoms. The molecule has 41 heteroatoms. The molecular formula is C48H80N2O37S2. The third-order valence-electron chi connectivity index (χ3n) is 13.8. The number of ether oxygens (including phenoxy) is 10. The summed E-state index contributed by atoms with van der Waals surface area (Å²) in [7, 11) is 0. The molecular weight excluding hydrogens is 1260 g/mol. The third kappa shape index (κ3) is 20.5. The van der Waals surface area contributed by atoms with Crippen LogP contribution in [-0.2, 0) is 57.0 Å². The molecule has 0 spiro atoms. The lowest BCUT2D eigenvalue weighted by Gasteiger charge is -2.47. The standard InChI is InChI=1S/C48H80N2O37S2/c49-14(40(70)71)12-88-7-3-18-25(58)33(66)45(77)86-38-21(10-54)84-48(36(69)28(38)61)87-39-22(11-55)83-47(35(68)29(39)62)81-19(4-8-89-13-15(50)41(72)73)26(59)31(64)42(74)78-16(1-5-51)23(56)32(65)44(76)85-37-20(9-53)82-46(34(67)27(37)60)80-17(2-6-52)24(57)30(63)43(75)79-18/h14-22,27-29,34-39,42-48,51-69,74-77H,1-13,49-50H2,(H,70,71)(H,72,73)/b30-24-,31-26+,32-23+,33-25-/t14-,15-,16-,17+,18-,19-,20?,21?,22?,27?,28?,29?,34?,35?,36?,37-,38-,39-,42+,43+,44-,45-,46+,47-,48+/m1/s1. The lowest BCUT2D eigenvalue weighted by atomic mass is 9.96. The molecule has 7 aliphatic heterocycles. The van der Waals surface area contributed by atoms with Crippen molar-refractivity contribution in [3.63, 3.8) is 0 Å². The van der Waals surface area contributed by atoms with E-state index in [9.17, 15) is 137 Å². The Morgan fingerprint density at radius 3 is 0.910 bits per heavy atom. The lowest BCUT2D eigenvalue weighted by Crippen LogP contribution is -2.65. The SMILES string of the molecule is N[C@H](CSCC[C@H]1O[C@H](O)/C(O)=C(/O)[C@H](CCO)O[C@H]2OC(CO)[C@@H](O[C@@H](O)/C(O)=C(\O)[C@@H](CCO)O[C@H](O)/C(O)=C(\O)[C@@H](CCSC[C@@H](N)C(=O)O)O[C@@H]3OC(CO)[C@@H](O[C@@H]4OC(CO)[C@@H](O[C@@H](O)/C(O)=C\1O)C(O)C4O)C(O)C3O)C(O)C2O)C(=O)O. The van der Waals surface area contributed by atoms with E-state index in [1.165, 1.54) is 0 Å². The van der Waals surface area contributed by atoms with Crippen molar-refractivity contribution < 1.29 is 185 Å². The molecule has 0 saturated carbocycles. The minimum atomic E-state index is -2.83. The quantitative estimate of drug-likeness (QED) is 0.0534. The van der Waals surface area contributed by atoms with E-state index >= 15 is 0 Å². The highest BCUT2D eigenvalue weighted by Gasteiger charge is 2.53. The number of carboxylic acids is 2. The topological polar surface area (TPSA) is 684 Å². The van der Waals surface area contributed by atoms with Crippen LogP contribution in [0.4, 0.5) is 0 Å². The van der Waals surface area contributed by atoms with Crippen molar-refractivity contribution in [3.8, 4) is 0 Å². The molecule has 3 saturated heterocycles. The largest absolute Gasteiger partial charge is 0.506 e. The van der Waals surface area contributed by atoms with E-state index < -0.39 is 271 Å². The molecule has 25 atom stereocenters. The van der Waals surface area contributed by atoms with Gasteiger partial charge >= 0.3 is 11.9 Å². The number of aliphatic hydroxyl groups is 23. The zero-order valence-electron chi connectivity index (χ0n) is 46.7. The van der Waals surface area contributed by atoms with E-state index in [0.717, 1.165) is 23.5 Å². The van der Waals surface area contributed by atoms with Crippen molar-refractivity contribution in [3.05, 3.63) is 46.1 Å². The molecule has 3 fully saturated rings. The second-order valence-corrected chi connectivity index (χ2v) is 22.4. The summed E-state index contributed by atoms with van der Waals surface area (Å²) < 4.78 is 54.6. The van der Waals surface area contributed by atoms with Crippen LogP contribution in [0.1, 0.15) is 25.7 Å². The van der Waals surface area contributed by atoms with Gasteiger partial charge in [0.25, 0.3) is 0 Å². The Bertz CT molecular complexity index is 2340. The number of carbonyl (C=O) groups is 2. The summed E-state index contributed by atoms with van der Waals surface area (Å²) in [6.45, 7) is -5.50. The summed E-state index contributed by atoms with van der Waals surface area (Å²) in [6, 6.07) is -2.88. The fourth-order valence-electron chi connectivity index (χ4n) is 8.77. The van der Waals surface area contributed by atoms with Crippen LogP contribution >= 0.6 is 23.5 Å². The average molecular weight is 1340 g/mol. The molecule has 9 unspecified atom stereocenters. The minimum absolute atomic E-state index is 0.239. The van der Waals surface area contributed by atoms with Crippen LogP contribution in [0.5, 0.6) is 0 Å². The number of aliphatic hydroxyl groups excluding tert-OH is 23. The molecule has 516 valence electrons. The van der Waals surface area contributed by atoms with Crippen molar-refractivity contribution in [2.24, 2.45) is 11.5 Å². The van der Waals surface area contributed by atoms with Gasteiger partial charge in [-0.25, -0.2) is 0 Å². The Balaban J connectivity index is 1.84. The number of carboxylic acid groups (broad SMARTS) is 2. The fraction of sp³-hybridized carbons (Fsp3) is 0.792. The number of hydrogen-bond donors (Lipinski definition) is 27. The van der Waals surface area contributed by atoms with Crippen molar-refractivity contribution in [1.29, 1.82) is 0 Å². The van der Waals surface area contributed by atoms with Gasteiger partial charge in [-0.3, -0.25) is 9.59 Å². The molecule has 89 heavy (non-hydrogen) atoms. The maximum Gasteiger partial charge on any atom is 0.321 e. The Labute approximate surface area is 511 Å². The second kappa shape index (κ2) is 36.4. The first-order chi connectivity index (χ1) is 41.9. The van der Waals surface area contributed by atoms with Gasteiger partial charge in [-0.1, -0.05) is 0 Å². The first-order valence-electron chi connectivity index (χ1n) is 26.9. The van der Waals surface area contributed by atoms with Gasteiger partial charge in [-0.05, 0) is 24.3 Å². The molecule has 7 heterocycles. The van der Waals surface area contributed by atoms with E-state index in [4.69, 9.17) is 58.8 Å². The summed E-state index contributed by atoms with van der Waals surface area (Å²) in [5.41, 5.74) is 11.1. The smallest absolute Gasteiger partial charge is 0.321 e. The minimum Gasteiger partial charge on any atom is -0.506 e. The normalized spacial score (nSPS) is 41.6. The molecule has 7 rings (SSSR count). The van der Waals surface area contributed by atoms with Gasteiger partial charge in [-0.15, -0.1) is 0 Å². The monoisotopic (exact) mass is 1340 g/mol. The van der Waals surface area contributed by atoms with Crippen molar-refractivity contribution in [2.75, 3.05) is 56.0 Å². The van der Waals surface area contributed by atoms with Crippen molar-refractivity contribution in [1.82, 2.24) is 0 Å². The van der Waals surface area contributed by atoms with Gasteiger partial charge in [0.05, 0.1) is 19.8 Å². The van der Waals surface area contributed by atoms with Crippen LogP contribution in [0.25, 0.3) is 0 Å². The predicted molar refractivity (Wildman–Crippen MR) is 289 cm³/mol. The molecule has 0 aromatic heterocycles. The second-order valence-electron chi connectivity index (χ2n) is 20.1. The van der Waals surface area contributed by atoms with Gasteiger partial charge in [0.1, 0.15) is 110 Å². The number of aliphatic carboxylic acids is 2. The predicted octanol–water partition coefficient (Wildman–Crippen LogP) is -8.57. The maximum atomic E-state index is 11.4. The number of nitrogens with two attached hydrogens (primary N) is 2. The number of hydrogen-bond acceptors (Lipinski definition) is 39. The number of rotatable bonds is 19. The highest BCUT2D eigenvalue weighted by atomic mass is 32.2. The molecule has 7 aliphatic rings. The Kier molecular flexibility index (Phi) is 31.6. The number of thioether (sulfide) groups is 2. The van der Waals surface area contributed by atoms with E-state index in [1.807, 2.05) is 0 Å². The highest BCUT2D eigenvalue weighted by Crippen LogP contribution is 2.35. The Morgan fingerprint density at radius 1 is 0.360 bits per heavy atom. The zero-order valence-corrected chi connectivity index (χ0v) is 48.3. The van der Waals surface area contributed by atoms with Gasteiger partial charge in [0, 0.05) is 37.6 Å². The molecule has 39 nitrogen and oxygen atoms in total. The summed E-state index contributed by atoms with van der Waals surface area (Å²) in [5.74, 6) is -16.2. The van der Waals surface area contributed by atoms with Crippen molar-refractivity contribution >= 4 is 35.5 Å². The molecule has 29 N–H and O–H groups in total. The van der Waals surface area contributed by atoms with Crippen LogP contribution in [0.2, 0.25) is 0 Å². The molecule has 0 aliphatic carbocycles. The van der Waals surface area contributed by atoms with Gasteiger partial charge in [0.2, 0.25) is 25.2 Å². The molecule has 0 amide bonds. The summed E-state index contributed by atoms with van der Waals surface area (Å²) in [5, 5.41) is 270. The summed E-state index contributed by atoms with van der Waals surface area (Å²) in [4.78, 5) is 22.7. The molecule has 0 aromatic rings. The maximum absolute atomic E-state index is 11.4. The van der Waals surface area contributed by atoms with Crippen molar-refractivity contribution in [2.45, 2.75) is 179 Å². The van der Waals surface area contributed by atoms with E-state index in [1.54, 1.807) is 0 Å². The first-order valence-corrected chi connectivity index (χ1v) is 29.2. The van der Waals surface area contributed by atoms with Gasteiger partial charge in [0.15, 0.2) is 64.9 Å². The zero-order chi connectivity index (χ0) is 66.9. The summed E-state index contributed by atoms with van der Waals surface area (Å²) >= 11 is 1.62. The van der Waals surface area contributed by atoms with Crippen LogP contribution in [0.15, 0.2) is 46.1 Å². The number of fused-ring (bicyclic) bond motifs is 3. The Morgan fingerprint density at radius 2 is 0.618 bits per heavy atom. The van der Waals surface area contributed by atoms with Gasteiger partial charge in [-0.2, -0.15) is 23.5 Å². The molecule has 0 radical (unpaired) electrons. The molecule has 0 aromatic carbocycles. The summed E-state index contributed by atoms with van der Waals surface area (Å²) in [6.07, 6.45) is -55.5. The van der Waals surface area contributed by atoms with Crippen LogP contribution in [0.3, 0.4) is 0 Å².